The van der Waals surface area contributed by atoms with Crippen LogP contribution in [0.3, 0.4) is 0 Å². The van der Waals surface area contributed by atoms with Crippen molar-refractivity contribution in [3.8, 4) is 5.82 Å². The van der Waals surface area contributed by atoms with E-state index in [4.69, 9.17) is 4.74 Å². The molecule has 1 fully saturated rings. The third-order valence-corrected chi connectivity index (χ3v) is 3.64. The lowest BCUT2D eigenvalue weighted by atomic mass is 10.1. The summed E-state index contributed by atoms with van der Waals surface area (Å²) >= 11 is 0. The number of rotatable bonds is 3. The minimum Gasteiger partial charge on any atom is -0.379 e. The molecule has 1 aliphatic heterocycles. The minimum absolute atomic E-state index is 0.00710. The van der Waals surface area contributed by atoms with Crippen LogP contribution in [0.1, 0.15) is 22.5 Å². The SMILES string of the molecule is Cc1cc(C(=O)N[C@H]2COCCC2(F)F)nc(-n2ccnc2)c1. The van der Waals surface area contributed by atoms with Gasteiger partial charge in [0.15, 0.2) is 0 Å². The van der Waals surface area contributed by atoms with E-state index in [2.05, 4.69) is 15.3 Å². The highest BCUT2D eigenvalue weighted by molar-refractivity contribution is 5.93. The van der Waals surface area contributed by atoms with Gasteiger partial charge in [0.1, 0.15) is 23.9 Å². The zero-order valence-corrected chi connectivity index (χ0v) is 12.5. The predicted molar refractivity (Wildman–Crippen MR) is 77.7 cm³/mol. The maximum absolute atomic E-state index is 13.8. The van der Waals surface area contributed by atoms with Crippen LogP contribution in [-0.2, 0) is 4.74 Å². The molecule has 1 amide bonds. The van der Waals surface area contributed by atoms with E-state index in [1.165, 1.54) is 0 Å². The van der Waals surface area contributed by atoms with Gasteiger partial charge in [-0.2, -0.15) is 0 Å². The second-order valence-electron chi connectivity index (χ2n) is 5.47. The number of pyridine rings is 1. The Hall–Kier alpha value is -2.35. The van der Waals surface area contributed by atoms with Gasteiger partial charge in [0.25, 0.3) is 11.8 Å². The molecule has 2 aromatic rings. The topological polar surface area (TPSA) is 69.0 Å². The van der Waals surface area contributed by atoms with E-state index in [1.54, 1.807) is 42.3 Å². The Morgan fingerprint density at radius 1 is 1.48 bits per heavy atom. The molecule has 0 aromatic carbocycles. The van der Waals surface area contributed by atoms with Gasteiger partial charge in [0.2, 0.25) is 0 Å². The molecule has 0 bridgehead atoms. The standard InChI is InChI=1S/C15H16F2N4O2/c1-10-6-11(19-13(7-10)21-4-3-18-9-21)14(22)20-12-8-23-5-2-15(12,16)17/h3-4,6-7,9,12H,2,5,8H2,1H3,(H,20,22)/t12-/m0/s1. The number of hydrogen-bond donors (Lipinski definition) is 1. The fraction of sp³-hybridized carbons (Fsp3) is 0.400. The Morgan fingerprint density at radius 3 is 3.00 bits per heavy atom. The van der Waals surface area contributed by atoms with E-state index in [0.717, 1.165) is 5.56 Å². The van der Waals surface area contributed by atoms with Crippen LogP contribution in [0.2, 0.25) is 0 Å². The van der Waals surface area contributed by atoms with Crippen LogP contribution in [0.5, 0.6) is 0 Å². The van der Waals surface area contributed by atoms with Crippen molar-refractivity contribution >= 4 is 5.91 Å². The minimum atomic E-state index is -2.98. The van der Waals surface area contributed by atoms with Crippen LogP contribution in [0, 0.1) is 6.92 Å². The number of carbonyl (C=O) groups is 1. The van der Waals surface area contributed by atoms with E-state index in [-0.39, 0.29) is 18.9 Å². The highest BCUT2D eigenvalue weighted by Gasteiger charge is 2.43. The molecule has 6 nitrogen and oxygen atoms in total. The van der Waals surface area contributed by atoms with Crippen LogP contribution in [0.15, 0.2) is 30.9 Å². The molecule has 0 aliphatic carbocycles. The van der Waals surface area contributed by atoms with Crippen LogP contribution in [0.4, 0.5) is 8.78 Å². The summed E-state index contributed by atoms with van der Waals surface area (Å²) in [5, 5.41) is 2.32. The first-order chi connectivity index (χ1) is 11.0. The van der Waals surface area contributed by atoms with Gasteiger partial charge in [-0.3, -0.25) is 9.36 Å². The third kappa shape index (κ3) is 3.37. The van der Waals surface area contributed by atoms with Crippen LogP contribution in [0.25, 0.3) is 5.82 Å². The molecule has 8 heteroatoms. The van der Waals surface area contributed by atoms with Gasteiger partial charge in [0.05, 0.1) is 13.2 Å². The summed E-state index contributed by atoms with van der Waals surface area (Å²) in [7, 11) is 0. The van der Waals surface area contributed by atoms with Crippen LogP contribution < -0.4 is 5.32 Å². The van der Waals surface area contributed by atoms with Crippen molar-refractivity contribution < 1.29 is 18.3 Å². The Bertz CT molecular complexity index is 704. The van der Waals surface area contributed by atoms with Gasteiger partial charge in [0, 0.05) is 18.8 Å². The Labute approximate surface area is 131 Å². The largest absolute Gasteiger partial charge is 0.379 e. The molecule has 1 aliphatic rings. The van der Waals surface area contributed by atoms with Gasteiger partial charge in [-0.1, -0.05) is 0 Å². The average molecular weight is 322 g/mol. The number of nitrogens with zero attached hydrogens (tertiary/aromatic N) is 3. The number of aromatic nitrogens is 3. The summed E-state index contributed by atoms with van der Waals surface area (Å²) < 4.78 is 34.3. The fourth-order valence-corrected chi connectivity index (χ4v) is 2.38. The number of carbonyl (C=O) groups excluding carboxylic acids is 1. The smallest absolute Gasteiger partial charge is 0.272 e. The monoisotopic (exact) mass is 322 g/mol. The lowest BCUT2D eigenvalue weighted by Crippen LogP contribution is -2.53. The number of alkyl halides is 2. The Kier molecular flexibility index (Phi) is 4.08. The molecule has 1 N–H and O–H groups in total. The summed E-state index contributed by atoms with van der Waals surface area (Å²) in [4.78, 5) is 20.4. The number of amides is 1. The average Bonchev–Trinajstić information content (AvgIpc) is 3.03. The molecule has 2 aromatic heterocycles. The van der Waals surface area contributed by atoms with Crippen molar-refractivity contribution in [1.29, 1.82) is 0 Å². The predicted octanol–water partition coefficient (Wildman–Crippen LogP) is 1.73. The van der Waals surface area contributed by atoms with E-state index in [9.17, 15) is 13.6 Å². The maximum atomic E-state index is 13.8. The first-order valence-electron chi connectivity index (χ1n) is 7.19. The van der Waals surface area contributed by atoms with Gasteiger partial charge < -0.3 is 10.1 Å². The van der Waals surface area contributed by atoms with Gasteiger partial charge in [-0.05, 0) is 24.6 Å². The van der Waals surface area contributed by atoms with Crippen LogP contribution in [-0.4, -0.2) is 45.6 Å². The van der Waals surface area contributed by atoms with Gasteiger partial charge in [-0.15, -0.1) is 0 Å². The van der Waals surface area contributed by atoms with Crippen molar-refractivity contribution in [2.24, 2.45) is 0 Å². The number of nitrogens with one attached hydrogen (secondary N) is 1. The first kappa shape index (κ1) is 15.5. The normalized spacial score (nSPS) is 20.2. The van der Waals surface area contributed by atoms with Crippen molar-refractivity contribution in [3.05, 3.63) is 42.1 Å². The van der Waals surface area contributed by atoms with Crippen molar-refractivity contribution in [3.63, 3.8) is 0 Å². The molecule has 3 rings (SSSR count). The summed E-state index contributed by atoms with van der Waals surface area (Å²) in [5.41, 5.74) is 0.871. The number of halogens is 2. The number of aryl methyl sites for hydroxylation is 1. The summed E-state index contributed by atoms with van der Waals surface area (Å²) in [6, 6.07) is 1.98. The lowest BCUT2D eigenvalue weighted by Gasteiger charge is -2.31. The third-order valence-electron chi connectivity index (χ3n) is 3.64. The molecule has 23 heavy (non-hydrogen) atoms. The molecule has 0 radical (unpaired) electrons. The molecule has 122 valence electrons. The fourth-order valence-electron chi connectivity index (χ4n) is 2.38. The molecule has 0 saturated carbocycles. The zero-order chi connectivity index (χ0) is 16.4. The second kappa shape index (κ2) is 6.04. The molecular weight excluding hydrogens is 306 g/mol. The molecule has 0 unspecified atom stereocenters. The van der Waals surface area contributed by atoms with Crippen molar-refractivity contribution in [2.45, 2.75) is 25.3 Å². The van der Waals surface area contributed by atoms with Gasteiger partial charge in [-0.25, -0.2) is 18.7 Å². The molecule has 1 atom stereocenters. The Balaban J connectivity index is 1.82. The van der Waals surface area contributed by atoms with Crippen LogP contribution >= 0.6 is 0 Å². The number of imidazole rings is 1. The maximum Gasteiger partial charge on any atom is 0.272 e. The Morgan fingerprint density at radius 2 is 2.30 bits per heavy atom. The highest BCUT2D eigenvalue weighted by atomic mass is 19.3. The highest BCUT2D eigenvalue weighted by Crippen LogP contribution is 2.27. The quantitative estimate of drug-likeness (QED) is 0.934. The lowest BCUT2D eigenvalue weighted by molar-refractivity contribution is -0.116. The van der Waals surface area contributed by atoms with E-state index >= 15 is 0 Å². The first-order valence-corrected chi connectivity index (χ1v) is 7.19. The summed E-state index contributed by atoms with van der Waals surface area (Å²) in [6.45, 7) is 1.59. The molecule has 3 heterocycles. The van der Waals surface area contributed by atoms with Crippen molar-refractivity contribution in [1.82, 2.24) is 19.9 Å². The van der Waals surface area contributed by atoms with Crippen molar-refractivity contribution in [2.75, 3.05) is 13.2 Å². The zero-order valence-electron chi connectivity index (χ0n) is 12.5. The van der Waals surface area contributed by atoms with E-state index < -0.39 is 24.3 Å². The molecular formula is C15H16F2N4O2. The van der Waals surface area contributed by atoms with Gasteiger partial charge >= 0.3 is 0 Å². The molecule has 0 spiro atoms. The van der Waals surface area contributed by atoms with E-state index in [0.29, 0.717) is 5.82 Å². The van der Waals surface area contributed by atoms with E-state index in [1.807, 2.05) is 0 Å². The summed E-state index contributed by atoms with van der Waals surface area (Å²) in [6.07, 6.45) is 4.42. The molecule has 1 saturated heterocycles. The summed E-state index contributed by atoms with van der Waals surface area (Å²) in [5.74, 6) is -3.13. The number of ether oxygens (including phenoxy) is 1. The number of hydrogen-bond acceptors (Lipinski definition) is 4. The second-order valence-corrected chi connectivity index (χ2v) is 5.47.